The first-order valence-corrected chi connectivity index (χ1v) is 8.44. The topological polar surface area (TPSA) is 44.8 Å². The minimum Gasteiger partial charge on any atom is -0.468 e. The van der Waals surface area contributed by atoms with Crippen LogP contribution in [0.1, 0.15) is 65.2 Å². The fourth-order valence-electron chi connectivity index (χ4n) is 2.55. The Morgan fingerprint density at radius 1 is 1.32 bits per heavy atom. The largest absolute Gasteiger partial charge is 0.468 e. The van der Waals surface area contributed by atoms with Crippen molar-refractivity contribution in [2.75, 3.05) is 20.3 Å². The summed E-state index contributed by atoms with van der Waals surface area (Å²) in [7, 11) is 1.42. The molecule has 0 radical (unpaired) electrons. The van der Waals surface area contributed by atoms with E-state index >= 15 is 0 Å². The quantitative estimate of drug-likeness (QED) is 0.390. The Labute approximate surface area is 134 Å². The molecule has 1 aliphatic rings. The van der Waals surface area contributed by atoms with Crippen LogP contribution in [0.25, 0.3) is 0 Å². The lowest BCUT2D eigenvalue weighted by Crippen LogP contribution is -2.28. The molecule has 2 atom stereocenters. The number of unbranched alkanes of at least 4 members (excludes halogenated alkanes) is 3. The van der Waals surface area contributed by atoms with E-state index in [1.165, 1.54) is 20.0 Å². The molecule has 1 fully saturated rings. The predicted molar refractivity (Wildman–Crippen MR) is 86.2 cm³/mol. The zero-order valence-corrected chi connectivity index (χ0v) is 14.3. The molecule has 1 aliphatic heterocycles. The van der Waals surface area contributed by atoms with Crippen LogP contribution in [0.3, 0.4) is 0 Å². The number of ether oxygens (including phenoxy) is 3. The van der Waals surface area contributed by atoms with Crippen molar-refractivity contribution in [3.8, 4) is 11.8 Å². The molecule has 0 saturated carbocycles. The van der Waals surface area contributed by atoms with E-state index in [1.807, 2.05) is 6.92 Å². The van der Waals surface area contributed by atoms with Crippen LogP contribution in [-0.2, 0) is 19.0 Å². The van der Waals surface area contributed by atoms with E-state index in [0.29, 0.717) is 6.61 Å². The Balaban J connectivity index is 2.45. The summed E-state index contributed by atoms with van der Waals surface area (Å²) in [4.78, 5) is 12.0. The zero-order valence-electron chi connectivity index (χ0n) is 14.3. The van der Waals surface area contributed by atoms with Gasteiger partial charge in [0.1, 0.15) is 12.0 Å². The van der Waals surface area contributed by atoms with Crippen molar-refractivity contribution in [1.29, 1.82) is 0 Å². The summed E-state index contributed by atoms with van der Waals surface area (Å²) in [6.45, 7) is 5.08. The molecular weight excluding hydrogens is 280 g/mol. The van der Waals surface area contributed by atoms with Crippen molar-refractivity contribution in [1.82, 2.24) is 0 Å². The van der Waals surface area contributed by atoms with Crippen molar-refractivity contribution >= 4 is 5.97 Å². The van der Waals surface area contributed by atoms with Gasteiger partial charge in [-0.1, -0.05) is 44.4 Å². The van der Waals surface area contributed by atoms with Gasteiger partial charge in [0.25, 0.3) is 0 Å². The lowest BCUT2D eigenvalue weighted by atomic mass is 9.85. The summed E-state index contributed by atoms with van der Waals surface area (Å²) in [5.41, 5.74) is -0.737. The summed E-state index contributed by atoms with van der Waals surface area (Å²) in [6.07, 6.45) is 8.22. The highest BCUT2D eigenvalue weighted by Gasteiger charge is 2.31. The molecule has 22 heavy (non-hydrogen) atoms. The summed E-state index contributed by atoms with van der Waals surface area (Å²) >= 11 is 0. The normalized spacial score (nSPS) is 20.6. The molecule has 4 heteroatoms. The van der Waals surface area contributed by atoms with Gasteiger partial charge in [0.2, 0.25) is 0 Å². The lowest BCUT2D eigenvalue weighted by Gasteiger charge is -2.22. The standard InChI is InChI=1S/C18H30O4/c1-4-5-6-8-12-18(2,17(19)20-3)13-10-15-22-16-11-7-9-14-21-16/h16H,4-9,11-12,14-15H2,1-3H3. The fourth-order valence-corrected chi connectivity index (χ4v) is 2.55. The van der Waals surface area contributed by atoms with Gasteiger partial charge in [-0.05, 0) is 32.6 Å². The van der Waals surface area contributed by atoms with Crippen LogP contribution in [-0.4, -0.2) is 32.6 Å². The number of hydrogen-bond acceptors (Lipinski definition) is 4. The maximum absolute atomic E-state index is 12.0. The summed E-state index contributed by atoms with van der Waals surface area (Å²) in [5, 5.41) is 0. The summed E-state index contributed by atoms with van der Waals surface area (Å²) < 4.78 is 16.0. The van der Waals surface area contributed by atoms with E-state index in [9.17, 15) is 4.79 Å². The second-order valence-electron chi connectivity index (χ2n) is 6.04. The molecule has 0 aromatic carbocycles. The highest BCUT2D eigenvalue weighted by atomic mass is 16.7. The molecule has 0 aliphatic carbocycles. The Kier molecular flexibility index (Phi) is 9.19. The second-order valence-corrected chi connectivity index (χ2v) is 6.04. The molecule has 1 rings (SSSR count). The van der Waals surface area contributed by atoms with Crippen molar-refractivity contribution in [3.63, 3.8) is 0 Å². The minimum absolute atomic E-state index is 0.142. The number of carbonyl (C=O) groups is 1. The first-order valence-electron chi connectivity index (χ1n) is 8.44. The van der Waals surface area contributed by atoms with Gasteiger partial charge in [0, 0.05) is 6.61 Å². The average molecular weight is 310 g/mol. The third-order valence-electron chi connectivity index (χ3n) is 4.01. The van der Waals surface area contributed by atoms with Crippen LogP contribution in [0.5, 0.6) is 0 Å². The van der Waals surface area contributed by atoms with E-state index < -0.39 is 5.41 Å². The van der Waals surface area contributed by atoms with Crippen LogP contribution in [0, 0.1) is 17.3 Å². The zero-order chi connectivity index (χ0) is 16.3. The Morgan fingerprint density at radius 2 is 2.14 bits per heavy atom. The van der Waals surface area contributed by atoms with Gasteiger partial charge in [-0.25, -0.2) is 0 Å². The smallest absolute Gasteiger partial charge is 0.323 e. The van der Waals surface area contributed by atoms with Gasteiger partial charge in [0.05, 0.1) is 7.11 Å². The number of hydrogen-bond donors (Lipinski definition) is 0. The van der Waals surface area contributed by atoms with E-state index in [4.69, 9.17) is 14.2 Å². The fraction of sp³-hybridized carbons (Fsp3) is 0.833. The van der Waals surface area contributed by atoms with Gasteiger partial charge in [0.15, 0.2) is 6.29 Å². The Hall–Kier alpha value is -1.05. The molecule has 0 aromatic heterocycles. The molecule has 0 spiro atoms. The van der Waals surface area contributed by atoms with Crippen LogP contribution in [0.2, 0.25) is 0 Å². The highest BCUT2D eigenvalue weighted by Crippen LogP contribution is 2.25. The Bertz CT molecular complexity index is 376. The van der Waals surface area contributed by atoms with E-state index in [0.717, 1.165) is 45.1 Å². The molecule has 1 saturated heterocycles. The van der Waals surface area contributed by atoms with Crippen LogP contribution in [0.4, 0.5) is 0 Å². The van der Waals surface area contributed by atoms with Crippen LogP contribution >= 0.6 is 0 Å². The summed E-state index contributed by atoms with van der Waals surface area (Å²) in [6, 6.07) is 0. The van der Waals surface area contributed by atoms with Gasteiger partial charge >= 0.3 is 5.97 Å². The highest BCUT2D eigenvalue weighted by molar-refractivity contribution is 5.80. The molecule has 4 nitrogen and oxygen atoms in total. The van der Waals surface area contributed by atoms with Crippen LogP contribution in [0.15, 0.2) is 0 Å². The van der Waals surface area contributed by atoms with E-state index in [1.54, 1.807) is 0 Å². The van der Waals surface area contributed by atoms with Crippen molar-refractivity contribution in [2.24, 2.45) is 5.41 Å². The lowest BCUT2D eigenvalue weighted by molar-refractivity contribution is -0.154. The first-order chi connectivity index (χ1) is 10.6. The van der Waals surface area contributed by atoms with Gasteiger partial charge in [-0.3, -0.25) is 4.79 Å². The number of rotatable bonds is 8. The number of esters is 1. The maximum atomic E-state index is 12.0. The SMILES string of the molecule is CCCCCCC(C)(C#CCOC1CCCCO1)C(=O)OC. The maximum Gasteiger partial charge on any atom is 0.323 e. The first kappa shape index (κ1) is 19.0. The van der Waals surface area contributed by atoms with Crippen LogP contribution < -0.4 is 0 Å². The molecule has 0 N–H and O–H groups in total. The number of carbonyl (C=O) groups excluding carboxylic acids is 1. The molecule has 2 unspecified atom stereocenters. The summed E-state index contributed by atoms with van der Waals surface area (Å²) in [5.74, 6) is 5.78. The third-order valence-corrected chi connectivity index (χ3v) is 4.01. The third kappa shape index (κ3) is 6.81. The van der Waals surface area contributed by atoms with Gasteiger partial charge in [-0.15, -0.1) is 0 Å². The molecule has 0 bridgehead atoms. The van der Waals surface area contributed by atoms with Gasteiger partial charge < -0.3 is 14.2 Å². The average Bonchev–Trinajstić information content (AvgIpc) is 2.56. The molecular formula is C18H30O4. The van der Waals surface area contributed by atoms with E-state index in [2.05, 4.69) is 18.8 Å². The second kappa shape index (κ2) is 10.6. The molecule has 0 amide bonds. The monoisotopic (exact) mass is 310 g/mol. The van der Waals surface area contributed by atoms with Crippen molar-refractivity contribution in [2.45, 2.75) is 71.5 Å². The molecule has 1 heterocycles. The molecule has 0 aromatic rings. The van der Waals surface area contributed by atoms with Crippen molar-refractivity contribution < 1.29 is 19.0 Å². The van der Waals surface area contributed by atoms with Crippen molar-refractivity contribution in [3.05, 3.63) is 0 Å². The predicted octanol–water partition coefficient (Wildman–Crippen LogP) is 3.68. The number of methoxy groups -OCH3 is 1. The molecule has 126 valence electrons. The minimum atomic E-state index is -0.737. The Morgan fingerprint density at radius 3 is 2.77 bits per heavy atom. The van der Waals surface area contributed by atoms with Gasteiger partial charge in [-0.2, -0.15) is 0 Å². The van der Waals surface area contributed by atoms with E-state index in [-0.39, 0.29) is 12.3 Å².